The summed E-state index contributed by atoms with van der Waals surface area (Å²) in [6, 6.07) is 5.58. The van der Waals surface area contributed by atoms with Gasteiger partial charge in [-0.05, 0) is 31.5 Å². The largest absolute Gasteiger partial charge is 0.493 e. The number of rotatable bonds is 4. The summed E-state index contributed by atoms with van der Waals surface area (Å²) in [5.74, 6) is 1.71. The van der Waals surface area contributed by atoms with Crippen LogP contribution in [0, 0.1) is 13.8 Å². The van der Waals surface area contributed by atoms with Crippen molar-refractivity contribution < 1.29 is 9.47 Å². The Morgan fingerprint density at radius 2 is 2.00 bits per heavy atom. The first-order valence-electron chi connectivity index (χ1n) is 5.99. The first kappa shape index (κ1) is 13.3. The molecule has 0 bridgehead atoms. The summed E-state index contributed by atoms with van der Waals surface area (Å²) in [5, 5.41) is 0. The highest BCUT2D eigenvalue weighted by Crippen LogP contribution is 2.32. The summed E-state index contributed by atoms with van der Waals surface area (Å²) in [5.41, 5.74) is 8.12. The minimum Gasteiger partial charge on any atom is -0.493 e. The Labute approximate surface area is 112 Å². The topological polar surface area (TPSA) is 70.3 Å². The van der Waals surface area contributed by atoms with Crippen molar-refractivity contribution in [3.8, 4) is 17.4 Å². The van der Waals surface area contributed by atoms with Crippen LogP contribution < -0.4 is 15.2 Å². The molecule has 2 rings (SSSR count). The van der Waals surface area contributed by atoms with E-state index in [2.05, 4.69) is 9.97 Å². The third kappa shape index (κ3) is 3.00. The molecule has 2 aromatic rings. The van der Waals surface area contributed by atoms with Gasteiger partial charge in [0, 0.05) is 12.7 Å². The van der Waals surface area contributed by atoms with Crippen molar-refractivity contribution in [1.82, 2.24) is 9.97 Å². The molecule has 19 heavy (non-hydrogen) atoms. The second kappa shape index (κ2) is 5.67. The number of methoxy groups -OCH3 is 1. The summed E-state index contributed by atoms with van der Waals surface area (Å²) in [4.78, 5) is 8.54. The fraction of sp³-hybridized carbons (Fsp3) is 0.286. The molecule has 0 saturated carbocycles. The molecule has 0 aliphatic carbocycles. The molecular formula is C14H17N3O2. The van der Waals surface area contributed by atoms with Crippen molar-refractivity contribution in [3.05, 3.63) is 41.3 Å². The molecule has 2 N–H and O–H groups in total. The molecule has 0 amide bonds. The van der Waals surface area contributed by atoms with Crippen LogP contribution in [0.1, 0.15) is 17.0 Å². The lowest BCUT2D eigenvalue weighted by atomic mass is 10.2. The highest BCUT2D eigenvalue weighted by atomic mass is 16.5. The number of hydrogen-bond donors (Lipinski definition) is 1. The van der Waals surface area contributed by atoms with Crippen LogP contribution in [0.25, 0.3) is 0 Å². The van der Waals surface area contributed by atoms with Gasteiger partial charge in [-0.2, -0.15) is 0 Å². The molecule has 0 saturated heterocycles. The number of nitrogens with zero attached hydrogens (tertiary/aromatic N) is 2. The summed E-state index contributed by atoms with van der Waals surface area (Å²) in [6.45, 7) is 4.18. The van der Waals surface area contributed by atoms with Crippen molar-refractivity contribution in [2.45, 2.75) is 20.4 Å². The maximum absolute atomic E-state index is 5.77. The Bertz CT molecular complexity index is 585. The zero-order valence-electron chi connectivity index (χ0n) is 11.3. The van der Waals surface area contributed by atoms with Crippen molar-refractivity contribution in [2.75, 3.05) is 7.11 Å². The van der Waals surface area contributed by atoms with Gasteiger partial charge in [0.1, 0.15) is 0 Å². The Morgan fingerprint density at radius 1 is 1.21 bits per heavy atom. The number of aromatic nitrogens is 2. The molecule has 0 radical (unpaired) electrons. The normalized spacial score (nSPS) is 10.3. The molecule has 0 aliphatic rings. The third-order valence-corrected chi connectivity index (χ3v) is 2.70. The summed E-state index contributed by atoms with van der Waals surface area (Å²) in [6.07, 6.45) is 1.71. The molecule has 1 heterocycles. The van der Waals surface area contributed by atoms with E-state index in [9.17, 15) is 0 Å². The van der Waals surface area contributed by atoms with Crippen LogP contribution in [0.4, 0.5) is 0 Å². The number of hydrogen-bond acceptors (Lipinski definition) is 5. The fourth-order valence-corrected chi connectivity index (χ4v) is 1.64. The highest BCUT2D eigenvalue weighted by molar-refractivity contribution is 5.45. The van der Waals surface area contributed by atoms with Crippen LogP contribution >= 0.6 is 0 Å². The van der Waals surface area contributed by atoms with Gasteiger partial charge in [-0.1, -0.05) is 6.07 Å². The van der Waals surface area contributed by atoms with Crippen molar-refractivity contribution >= 4 is 0 Å². The van der Waals surface area contributed by atoms with Crippen LogP contribution in [0.2, 0.25) is 0 Å². The van der Waals surface area contributed by atoms with Gasteiger partial charge in [0.05, 0.1) is 18.5 Å². The second-order valence-corrected chi connectivity index (χ2v) is 4.19. The van der Waals surface area contributed by atoms with Gasteiger partial charge in [-0.15, -0.1) is 0 Å². The Hall–Kier alpha value is -2.14. The fourth-order valence-electron chi connectivity index (χ4n) is 1.64. The quantitative estimate of drug-likeness (QED) is 0.912. The van der Waals surface area contributed by atoms with Crippen LogP contribution in [-0.4, -0.2) is 17.1 Å². The standard InChI is InChI=1S/C14H17N3O2/c1-9-8-16-10(2)14(17-9)19-12-5-4-11(7-15)6-13(12)18-3/h4-6,8H,7,15H2,1-3H3. The van der Waals surface area contributed by atoms with Gasteiger partial charge in [0.25, 0.3) is 0 Å². The van der Waals surface area contributed by atoms with Gasteiger partial charge in [0.2, 0.25) is 5.88 Å². The number of ether oxygens (including phenoxy) is 2. The van der Waals surface area contributed by atoms with Gasteiger partial charge in [0.15, 0.2) is 11.5 Å². The molecule has 5 heteroatoms. The van der Waals surface area contributed by atoms with Crippen LogP contribution in [0.3, 0.4) is 0 Å². The number of aryl methyl sites for hydroxylation is 2. The van der Waals surface area contributed by atoms with E-state index in [0.717, 1.165) is 17.0 Å². The van der Waals surface area contributed by atoms with Crippen molar-refractivity contribution in [2.24, 2.45) is 5.73 Å². The van der Waals surface area contributed by atoms with Gasteiger partial charge >= 0.3 is 0 Å². The summed E-state index contributed by atoms with van der Waals surface area (Å²) >= 11 is 0. The SMILES string of the molecule is COc1cc(CN)ccc1Oc1nc(C)cnc1C. The van der Waals surface area contributed by atoms with Crippen LogP contribution in [-0.2, 0) is 6.54 Å². The molecule has 0 spiro atoms. The maximum atomic E-state index is 5.77. The Balaban J connectivity index is 2.35. The van der Waals surface area contributed by atoms with Crippen LogP contribution in [0.5, 0.6) is 17.4 Å². The molecule has 1 aromatic heterocycles. The van der Waals surface area contributed by atoms with Gasteiger partial charge in [-0.25, -0.2) is 4.98 Å². The summed E-state index contributed by atoms with van der Waals surface area (Å²) < 4.78 is 11.1. The second-order valence-electron chi connectivity index (χ2n) is 4.19. The van der Waals surface area contributed by atoms with E-state index >= 15 is 0 Å². The van der Waals surface area contributed by atoms with E-state index in [0.29, 0.717) is 23.9 Å². The van der Waals surface area contributed by atoms with Gasteiger partial charge in [-0.3, -0.25) is 4.98 Å². The Kier molecular flexibility index (Phi) is 3.97. The first-order chi connectivity index (χ1) is 9.13. The molecule has 0 fully saturated rings. The predicted octanol–water partition coefficient (Wildman–Crippen LogP) is 2.35. The molecule has 5 nitrogen and oxygen atoms in total. The van der Waals surface area contributed by atoms with Crippen molar-refractivity contribution in [3.63, 3.8) is 0 Å². The molecule has 0 atom stereocenters. The van der Waals surface area contributed by atoms with Crippen molar-refractivity contribution in [1.29, 1.82) is 0 Å². The monoisotopic (exact) mass is 259 g/mol. The molecule has 1 aromatic carbocycles. The lowest BCUT2D eigenvalue weighted by Gasteiger charge is -2.12. The number of nitrogens with two attached hydrogens (primary N) is 1. The van der Waals surface area contributed by atoms with Gasteiger partial charge < -0.3 is 15.2 Å². The number of benzene rings is 1. The average molecular weight is 259 g/mol. The smallest absolute Gasteiger partial charge is 0.241 e. The van der Waals surface area contributed by atoms with E-state index in [1.54, 1.807) is 13.3 Å². The molecule has 100 valence electrons. The maximum Gasteiger partial charge on any atom is 0.241 e. The molecular weight excluding hydrogens is 242 g/mol. The zero-order chi connectivity index (χ0) is 13.8. The van der Waals surface area contributed by atoms with E-state index in [1.807, 2.05) is 32.0 Å². The lowest BCUT2D eigenvalue weighted by Crippen LogP contribution is -2.00. The third-order valence-electron chi connectivity index (χ3n) is 2.70. The van der Waals surface area contributed by atoms with E-state index in [-0.39, 0.29) is 0 Å². The minimum absolute atomic E-state index is 0.458. The highest BCUT2D eigenvalue weighted by Gasteiger charge is 2.10. The van der Waals surface area contributed by atoms with E-state index < -0.39 is 0 Å². The molecule has 0 unspecified atom stereocenters. The Morgan fingerprint density at radius 3 is 2.68 bits per heavy atom. The lowest BCUT2D eigenvalue weighted by molar-refractivity contribution is 0.371. The van der Waals surface area contributed by atoms with Crippen LogP contribution in [0.15, 0.2) is 24.4 Å². The van der Waals surface area contributed by atoms with E-state index in [4.69, 9.17) is 15.2 Å². The minimum atomic E-state index is 0.458. The zero-order valence-corrected chi connectivity index (χ0v) is 11.3. The first-order valence-corrected chi connectivity index (χ1v) is 5.99. The molecule has 0 aliphatic heterocycles. The average Bonchev–Trinajstić information content (AvgIpc) is 2.43. The van der Waals surface area contributed by atoms with E-state index in [1.165, 1.54) is 0 Å². The summed E-state index contributed by atoms with van der Waals surface area (Å²) in [7, 11) is 1.59. The predicted molar refractivity (Wildman–Crippen MR) is 72.5 cm³/mol.